The molecule has 2 aromatic rings. The Bertz CT molecular complexity index is 1280. The van der Waals surface area contributed by atoms with Gasteiger partial charge in [-0.15, -0.1) is 0 Å². The second kappa shape index (κ2) is 11.4. The van der Waals surface area contributed by atoms with Crippen molar-refractivity contribution in [1.29, 1.82) is 0 Å². The van der Waals surface area contributed by atoms with Gasteiger partial charge in [-0.1, -0.05) is 45.0 Å². The van der Waals surface area contributed by atoms with Gasteiger partial charge in [0.1, 0.15) is 11.4 Å². The summed E-state index contributed by atoms with van der Waals surface area (Å²) < 4.78 is 39.5. The molecule has 0 radical (unpaired) electrons. The van der Waals surface area contributed by atoms with E-state index < -0.39 is 29.3 Å². The van der Waals surface area contributed by atoms with Crippen molar-refractivity contribution in [1.82, 2.24) is 10.2 Å². The van der Waals surface area contributed by atoms with Crippen LogP contribution >= 0.6 is 0 Å². The van der Waals surface area contributed by atoms with Crippen molar-refractivity contribution < 1.29 is 32.7 Å². The number of hydrogen-bond acceptors (Lipinski definition) is 4. The predicted molar refractivity (Wildman–Crippen MR) is 144 cm³/mol. The number of nitrogens with zero attached hydrogens (tertiary/aromatic N) is 2. The van der Waals surface area contributed by atoms with Gasteiger partial charge in [-0.05, 0) is 67.3 Å². The molecule has 2 unspecified atom stereocenters. The molecule has 0 aromatic heterocycles. The van der Waals surface area contributed by atoms with Crippen molar-refractivity contribution in [3.05, 3.63) is 70.8 Å². The molecule has 4 rings (SSSR count). The number of carboxylic acid groups (broad SMARTS) is 1. The van der Waals surface area contributed by atoms with Crippen molar-refractivity contribution in [3.8, 4) is 0 Å². The molecule has 10 heteroatoms. The van der Waals surface area contributed by atoms with Crippen molar-refractivity contribution in [2.45, 2.75) is 70.8 Å². The molecule has 2 aliphatic rings. The van der Waals surface area contributed by atoms with Crippen LogP contribution in [0.2, 0.25) is 0 Å². The number of benzene rings is 2. The maximum atomic E-state index is 14.1. The minimum atomic E-state index is -4.48. The fourth-order valence-corrected chi connectivity index (χ4v) is 6.20. The van der Waals surface area contributed by atoms with Crippen LogP contribution in [-0.4, -0.2) is 45.7 Å². The Balaban J connectivity index is 1.67. The number of hydrogen-bond donors (Lipinski definition) is 2. The Morgan fingerprint density at radius 2 is 1.68 bits per heavy atom. The van der Waals surface area contributed by atoms with Crippen LogP contribution in [0.15, 0.2) is 53.5 Å². The molecule has 3 atom stereocenters. The third kappa shape index (κ3) is 6.05. The molecule has 1 aliphatic heterocycles. The molecule has 1 fully saturated rings. The molecule has 214 valence electrons. The molecule has 2 N–H and O–H groups in total. The van der Waals surface area contributed by atoms with Crippen molar-refractivity contribution in [2.75, 3.05) is 6.54 Å². The number of carbonyl (C=O) groups excluding carboxylic acids is 2. The lowest BCUT2D eigenvalue weighted by atomic mass is 9.75. The number of carbonyl (C=O) groups is 3. The third-order valence-electron chi connectivity index (χ3n) is 7.71. The summed E-state index contributed by atoms with van der Waals surface area (Å²) in [6.45, 7) is 6.23. The van der Waals surface area contributed by atoms with E-state index in [1.807, 2.05) is 11.8 Å². The fraction of sp³-hybridized carbons (Fsp3) is 0.467. The SMILES string of the molecule is CC[C@H](c1ccc(C(=O)NCCC(=O)O)cc1)N1C(=O)C(c2ccc(C(F)(F)F)cc2)=NC12CC(C)CC(C)C2. The number of carboxylic acids is 1. The smallest absolute Gasteiger partial charge is 0.416 e. The zero-order valence-electron chi connectivity index (χ0n) is 22.8. The summed E-state index contributed by atoms with van der Waals surface area (Å²) in [5.74, 6) is -1.12. The van der Waals surface area contributed by atoms with Gasteiger partial charge in [0, 0.05) is 17.7 Å². The van der Waals surface area contributed by atoms with Gasteiger partial charge in [-0.3, -0.25) is 19.4 Å². The summed E-state index contributed by atoms with van der Waals surface area (Å²) in [6.07, 6.45) is -1.80. The summed E-state index contributed by atoms with van der Waals surface area (Å²) in [7, 11) is 0. The lowest BCUT2D eigenvalue weighted by molar-refractivity contribution is -0.138. The average Bonchev–Trinajstić information content (AvgIpc) is 3.14. The van der Waals surface area contributed by atoms with Crippen LogP contribution in [0.5, 0.6) is 0 Å². The van der Waals surface area contributed by atoms with Crippen LogP contribution in [-0.2, 0) is 15.8 Å². The largest absolute Gasteiger partial charge is 0.481 e. The van der Waals surface area contributed by atoms with Crippen molar-refractivity contribution >= 4 is 23.5 Å². The maximum absolute atomic E-state index is 14.1. The monoisotopic (exact) mass is 557 g/mol. The number of aliphatic carboxylic acids is 1. The number of halogens is 3. The first-order valence-corrected chi connectivity index (χ1v) is 13.6. The highest BCUT2D eigenvalue weighted by Gasteiger charge is 2.53. The van der Waals surface area contributed by atoms with Gasteiger partial charge in [0.2, 0.25) is 0 Å². The van der Waals surface area contributed by atoms with Gasteiger partial charge in [0.25, 0.3) is 11.8 Å². The van der Waals surface area contributed by atoms with E-state index in [2.05, 4.69) is 19.2 Å². The van der Waals surface area contributed by atoms with Crippen LogP contribution in [0.1, 0.15) is 86.0 Å². The zero-order chi connectivity index (χ0) is 29.2. The molecule has 1 saturated carbocycles. The second-order valence-electron chi connectivity index (χ2n) is 11.0. The highest BCUT2D eigenvalue weighted by Crippen LogP contribution is 2.48. The van der Waals surface area contributed by atoms with Crippen LogP contribution in [0.3, 0.4) is 0 Å². The number of amides is 2. The number of aliphatic imine (C=N–C) groups is 1. The Kier molecular flexibility index (Phi) is 8.37. The maximum Gasteiger partial charge on any atom is 0.416 e. The first kappa shape index (κ1) is 29.3. The summed E-state index contributed by atoms with van der Waals surface area (Å²) >= 11 is 0. The highest BCUT2D eigenvalue weighted by atomic mass is 19.4. The molecule has 7 nitrogen and oxygen atoms in total. The number of alkyl halides is 3. The first-order chi connectivity index (χ1) is 18.8. The fourth-order valence-electron chi connectivity index (χ4n) is 6.20. The summed E-state index contributed by atoms with van der Waals surface area (Å²) in [5.41, 5.74) is 0.101. The Morgan fingerprint density at radius 1 is 1.07 bits per heavy atom. The van der Waals surface area contributed by atoms with E-state index in [1.165, 1.54) is 12.1 Å². The summed E-state index contributed by atoms with van der Waals surface area (Å²) in [6, 6.07) is 11.1. The summed E-state index contributed by atoms with van der Waals surface area (Å²) in [4.78, 5) is 44.0. The number of rotatable bonds is 8. The van der Waals surface area contributed by atoms with Gasteiger partial charge in [-0.2, -0.15) is 13.2 Å². The van der Waals surface area contributed by atoms with E-state index >= 15 is 0 Å². The van der Waals surface area contributed by atoms with Crippen molar-refractivity contribution in [3.63, 3.8) is 0 Å². The average molecular weight is 558 g/mol. The van der Waals surface area contributed by atoms with E-state index in [9.17, 15) is 27.6 Å². The molecule has 2 aromatic carbocycles. The van der Waals surface area contributed by atoms with E-state index in [0.717, 1.165) is 24.1 Å². The Morgan fingerprint density at radius 3 is 2.20 bits per heavy atom. The first-order valence-electron chi connectivity index (χ1n) is 13.6. The van der Waals surface area contributed by atoms with Gasteiger partial charge in [0.05, 0.1) is 18.0 Å². The molecule has 1 spiro atoms. The van der Waals surface area contributed by atoms with Gasteiger partial charge < -0.3 is 15.3 Å². The van der Waals surface area contributed by atoms with Gasteiger partial charge >= 0.3 is 12.1 Å². The lowest BCUT2D eigenvalue weighted by Crippen LogP contribution is -2.52. The molecule has 1 heterocycles. The van der Waals surface area contributed by atoms with E-state index in [0.29, 0.717) is 42.2 Å². The van der Waals surface area contributed by atoms with Crippen LogP contribution in [0.4, 0.5) is 13.2 Å². The van der Waals surface area contributed by atoms with Gasteiger partial charge in [0.15, 0.2) is 0 Å². The predicted octanol–water partition coefficient (Wildman–Crippen LogP) is 5.84. The second-order valence-corrected chi connectivity index (χ2v) is 11.0. The van der Waals surface area contributed by atoms with E-state index in [-0.39, 0.29) is 30.6 Å². The normalized spacial score (nSPS) is 23.7. The molecule has 1 aliphatic carbocycles. The van der Waals surface area contributed by atoms with Crippen molar-refractivity contribution in [2.24, 2.45) is 16.8 Å². The van der Waals surface area contributed by atoms with E-state index in [4.69, 9.17) is 10.1 Å². The lowest BCUT2D eigenvalue weighted by Gasteiger charge is -2.47. The Hall–Kier alpha value is -3.69. The highest BCUT2D eigenvalue weighted by molar-refractivity contribution is 6.46. The number of nitrogens with one attached hydrogen (secondary N) is 1. The quantitative estimate of drug-likeness (QED) is 0.426. The van der Waals surface area contributed by atoms with E-state index in [1.54, 1.807) is 24.3 Å². The van der Waals surface area contributed by atoms with Crippen LogP contribution < -0.4 is 5.32 Å². The molecule has 40 heavy (non-hydrogen) atoms. The Labute approximate surface area is 231 Å². The minimum absolute atomic E-state index is 0.0126. The molecular formula is C30H34F3N3O4. The van der Waals surface area contributed by atoms with Crippen LogP contribution in [0.25, 0.3) is 0 Å². The standard InChI is InChI=1S/C30H34F3N3O4/c1-4-24(20-5-7-22(8-6-20)27(39)34-14-13-25(37)38)36-28(40)26(21-9-11-23(12-10-21)30(31,32)33)35-29(36)16-18(2)15-19(3)17-29/h5-12,18-19,24H,4,13-17H2,1-3H3,(H,34,39)(H,37,38)/t18?,19?,24-,29?/m1/s1. The zero-order valence-corrected chi connectivity index (χ0v) is 22.8. The third-order valence-corrected chi connectivity index (χ3v) is 7.71. The molecule has 0 saturated heterocycles. The summed E-state index contributed by atoms with van der Waals surface area (Å²) in [5, 5.41) is 11.4. The molecule has 0 bridgehead atoms. The topological polar surface area (TPSA) is 99.1 Å². The minimum Gasteiger partial charge on any atom is -0.481 e. The molecule has 2 amide bonds. The molecular weight excluding hydrogens is 523 g/mol. The van der Waals surface area contributed by atoms with Gasteiger partial charge in [-0.25, -0.2) is 0 Å². The van der Waals surface area contributed by atoms with Crippen LogP contribution in [0, 0.1) is 11.8 Å².